The van der Waals surface area contributed by atoms with Crippen LogP contribution in [0.3, 0.4) is 0 Å². The second kappa shape index (κ2) is 6.21. The number of hydrogen-bond donors (Lipinski definition) is 2. The Morgan fingerprint density at radius 2 is 2.00 bits per heavy atom. The van der Waals surface area contributed by atoms with Crippen LogP contribution in [0.15, 0.2) is 42.5 Å². The van der Waals surface area contributed by atoms with E-state index in [1.807, 2.05) is 17.0 Å². The zero-order valence-electron chi connectivity index (χ0n) is 16.8. The molecular weight excluding hydrogens is 346 g/mol. The molecule has 1 atom stereocenters. The molecule has 4 heteroatoms. The van der Waals surface area contributed by atoms with E-state index in [2.05, 4.69) is 61.4 Å². The molecule has 2 N–H and O–H groups in total. The Labute approximate surface area is 165 Å². The van der Waals surface area contributed by atoms with Gasteiger partial charge in [0.05, 0.1) is 5.69 Å². The Hall–Kier alpha value is -2.59. The summed E-state index contributed by atoms with van der Waals surface area (Å²) in [4.78, 5) is 19.5. The van der Waals surface area contributed by atoms with Crippen molar-refractivity contribution in [3.05, 3.63) is 64.8 Å². The van der Waals surface area contributed by atoms with Crippen LogP contribution < -0.4 is 10.2 Å². The summed E-state index contributed by atoms with van der Waals surface area (Å²) in [7, 11) is 0. The molecule has 144 valence electrons. The molecule has 0 saturated heterocycles. The summed E-state index contributed by atoms with van der Waals surface area (Å²) in [6, 6.07) is 14.8. The number of fused-ring (bicyclic) bond motifs is 6. The number of nitrogens with one attached hydrogen (secondary N) is 2. The number of aromatic nitrogens is 1. The third kappa shape index (κ3) is 2.31. The summed E-state index contributed by atoms with van der Waals surface area (Å²) in [6.07, 6.45) is 1.93. The molecule has 28 heavy (non-hydrogen) atoms. The lowest BCUT2D eigenvalue weighted by atomic mass is 9.82. The molecule has 1 amide bonds. The van der Waals surface area contributed by atoms with Gasteiger partial charge in [0.2, 0.25) is 0 Å². The number of benzene rings is 2. The molecule has 0 saturated carbocycles. The number of aromatic amines is 1. The van der Waals surface area contributed by atoms with Crippen LogP contribution in [0.25, 0.3) is 10.9 Å². The summed E-state index contributed by atoms with van der Waals surface area (Å²) >= 11 is 0. The van der Waals surface area contributed by atoms with Gasteiger partial charge in [-0.05, 0) is 49.4 Å². The Morgan fingerprint density at radius 1 is 1.18 bits per heavy atom. The standard InChI is InChI=1S/C24H27N3O/c1-15(2)11-13-27-21-7-5-4-6-19(21)24(23(27)28)22-17(10-12-25-24)18-14-16(3)8-9-20(18)26-22/h4-9,14-15,25-26H,10-13H2,1-3H3/t24-/m0/s1. The average molecular weight is 374 g/mol. The molecule has 1 spiro atoms. The molecule has 2 aromatic carbocycles. The number of aryl methyl sites for hydroxylation is 1. The van der Waals surface area contributed by atoms with Crippen LogP contribution in [0.1, 0.15) is 42.7 Å². The smallest absolute Gasteiger partial charge is 0.258 e. The first-order valence-electron chi connectivity index (χ1n) is 10.3. The van der Waals surface area contributed by atoms with Crippen LogP contribution in [-0.2, 0) is 16.8 Å². The van der Waals surface area contributed by atoms with Crippen LogP contribution in [0.5, 0.6) is 0 Å². The molecule has 4 nitrogen and oxygen atoms in total. The van der Waals surface area contributed by atoms with Crippen LogP contribution in [0.4, 0.5) is 5.69 Å². The Bertz CT molecular complexity index is 1080. The second-order valence-corrected chi connectivity index (χ2v) is 8.61. The number of anilines is 1. The van der Waals surface area contributed by atoms with Crippen molar-refractivity contribution in [3.63, 3.8) is 0 Å². The van der Waals surface area contributed by atoms with Crippen molar-refractivity contribution in [2.24, 2.45) is 5.92 Å². The third-order valence-corrected chi connectivity index (χ3v) is 6.30. The highest BCUT2D eigenvalue weighted by atomic mass is 16.2. The van der Waals surface area contributed by atoms with Crippen LogP contribution >= 0.6 is 0 Å². The van der Waals surface area contributed by atoms with Crippen LogP contribution in [-0.4, -0.2) is 24.0 Å². The number of rotatable bonds is 3. The maximum atomic E-state index is 13.9. The highest BCUT2D eigenvalue weighted by Crippen LogP contribution is 2.47. The molecule has 2 aliphatic heterocycles. The highest BCUT2D eigenvalue weighted by molar-refractivity contribution is 6.11. The van der Waals surface area contributed by atoms with Crippen molar-refractivity contribution in [3.8, 4) is 0 Å². The van der Waals surface area contributed by atoms with E-state index in [-0.39, 0.29) is 5.91 Å². The van der Waals surface area contributed by atoms with E-state index in [0.717, 1.165) is 48.4 Å². The average Bonchev–Trinajstić information content (AvgIpc) is 3.16. The fourth-order valence-electron chi connectivity index (χ4n) is 4.88. The molecule has 0 aliphatic carbocycles. The SMILES string of the molecule is Cc1ccc2[nH]c3c(c2c1)CCN[C@]31C(=O)N(CCC(C)C)c2ccccc21. The molecular formula is C24H27N3O. The summed E-state index contributed by atoms with van der Waals surface area (Å²) < 4.78 is 0. The van der Waals surface area contributed by atoms with Gasteiger partial charge in [-0.2, -0.15) is 0 Å². The Balaban J connectivity index is 1.73. The molecule has 0 bridgehead atoms. The number of H-pyrrole nitrogens is 1. The van der Waals surface area contributed by atoms with E-state index in [1.165, 1.54) is 16.5 Å². The summed E-state index contributed by atoms with van der Waals surface area (Å²) in [5.41, 5.74) is 6.00. The summed E-state index contributed by atoms with van der Waals surface area (Å²) in [5, 5.41) is 4.88. The van der Waals surface area contributed by atoms with Crippen LogP contribution in [0.2, 0.25) is 0 Å². The van der Waals surface area contributed by atoms with E-state index < -0.39 is 5.54 Å². The van der Waals surface area contributed by atoms with Gasteiger partial charge in [-0.3, -0.25) is 10.1 Å². The lowest BCUT2D eigenvalue weighted by Gasteiger charge is -2.34. The lowest BCUT2D eigenvalue weighted by molar-refractivity contribution is -0.123. The Morgan fingerprint density at radius 3 is 2.82 bits per heavy atom. The van der Waals surface area contributed by atoms with Gasteiger partial charge in [0.25, 0.3) is 5.91 Å². The molecule has 0 fully saturated rings. The van der Waals surface area contributed by atoms with Crippen molar-refractivity contribution in [2.75, 3.05) is 18.0 Å². The number of para-hydroxylation sites is 1. The van der Waals surface area contributed by atoms with Gasteiger partial charge in [0, 0.05) is 35.2 Å². The van der Waals surface area contributed by atoms with Crippen molar-refractivity contribution in [1.29, 1.82) is 0 Å². The van der Waals surface area contributed by atoms with Gasteiger partial charge in [-0.15, -0.1) is 0 Å². The van der Waals surface area contributed by atoms with Crippen molar-refractivity contribution in [2.45, 2.75) is 39.2 Å². The molecule has 0 radical (unpaired) electrons. The minimum atomic E-state index is -0.798. The van der Waals surface area contributed by atoms with E-state index in [1.54, 1.807) is 0 Å². The largest absolute Gasteiger partial charge is 0.356 e. The van der Waals surface area contributed by atoms with Crippen molar-refractivity contribution < 1.29 is 4.79 Å². The van der Waals surface area contributed by atoms with Gasteiger partial charge in [0.15, 0.2) is 5.54 Å². The van der Waals surface area contributed by atoms with E-state index >= 15 is 0 Å². The zero-order chi connectivity index (χ0) is 19.5. The van der Waals surface area contributed by atoms with Crippen molar-refractivity contribution >= 4 is 22.5 Å². The van der Waals surface area contributed by atoms with E-state index in [9.17, 15) is 4.79 Å². The van der Waals surface area contributed by atoms with Gasteiger partial charge < -0.3 is 9.88 Å². The van der Waals surface area contributed by atoms with Gasteiger partial charge in [0.1, 0.15) is 0 Å². The highest BCUT2D eigenvalue weighted by Gasteiger charge is 2.55. The van der Waals surface area contributed by atoms with Gasteiger partial charge in [-0.1, -0.05) is 43.7 Å². The molecule has 1 aromatic heterocycles. The first-order chi connectivity index (χ1) is 13.5. The fraction of sp³-hybridized carbons (Fsp3) is 0.375. The molecule has 2 aliphatic rings. The molecule has 3 aromatic rings. The van der Waals surface area contributed by atoms with Gasteiger partial charge >= 0.3 is 0 Å². The minimum absolute atomic E-state index is 0.151. The Kier molecular flexibility index (Phi) is 3.88. The maximum absolute atomic E-state index is 13.9. The third-order valence-electron chi connectivity index (χ3n) is 6.30. The molecule has 0 unspecified atom stereocenters. The van der Waals surface area contributed by atoms with E-state index in [0.29, 0.717) is 5.92 Å². The zero-order valence-corrected chi connectivity index (χ0v) is 16.8. The fourth-order valence-corrected chi connectivity index (χ4v) is 4.88. The number of carbonyl (C=O) groups is 1. The quantitative estimate of drug-likeness (QED) is 0.721. The van der Waals surface area contributed by atoms with Crippen molar-refractivity contribution in [1.82, 2.24) is 10.3 Å². The van der Waals surface area contributed by atoms with Crippen LogP contribution in [0, 0.1) is 12.8 Å². The van der Waals surface area contributed by atoms with Gasteiger partial charge in [-0.25, -0.2) is 0 Å². The monoisotopic (exact) mass is 373 g/mol. The number of nitrogens with zero attached hydrogens (tertiary/aromatic N) is 1. The number of hydrogen-bond acceptors (Lipinski definition) is 2. The first kappa shape index (κ1) is 17.5. The second-order valence-electron chi connectivity index (χ2n) is 8.61. The molecule has 5 rings (SSSR count). The summed E-state index contributed by atoms with van der Waals surface area (Å²) in [5.74, 6) is 0.709. The predicted molar refractivity (Wildman–Crippen MR) is 114 cm³/mol. The summed E-state index contributed by atoms with van der Waals surface area (Å²) in [6.45, 7) is 8.09. The van der Waals surface area contributed by atoms with E-state index in [4.69, 9.17) is 0 Å². The molecule has 3 heterocycles. The maximum Gasteiger partial charge on any atom is 0.258 e. The first-order valence-corrected chi connectivity index (χ1v) is 10.3. The topological polar surface area (TPSA) is 48.1 Å². The lowest BCUT2D eigenvalue weighted by Crippen LogP contribution is -2.55. The minimum Gasteiger partial charge on any atom is -0.356 e. The predicted octanol–water partition coefficient (Wildman–Crippen LogP) is 4.26. The normalized spacial score (nSPS) is 21.0. The number of carbonyl (C=O) groups excluding carboxylic acids is 1. The number of amides is 1.